The Morgan fingerprint density at radius 3 is 2.56 bits per heavy atom. The number of nitrogens with zero attached hydrogens (tertiary/aromatic N) is 5. The van der Waals surface area contributed by atoms with Crippen LogP contribution >= 0.6 is 0 Å². The maximum atomic E-state index is 14.0. The topological polar surface area (TPSA) is 135 Å². The second-order valence-corrected chi connectivity index (χ2v) is 19.1. The predicted octanol–water partition coefficient (Wildman–Crippen LogP) is 8.19. The van der Waals surface area contributed by atoms with Gasteiger partial charge in [-0.3, -0.25) is 34.6 Å². The lowest BCUT2D eigenvalue weighted by atomic mass is 9.68. The summed E-state index contributed by atoms with van der Waals surface area (Å²) in [5.41, 5.74) is 4.57. The van der Waals surface area contributed by atoms with Gasteiger partial charge in [0.1, 0.15) is 29.5 Å². The number of benzene rings is 3. The van der Waals surface area contributed by atoms with Crippen LogP contribution in [0.2, 0.25) is 0 Å². The summed E-state index contributed by atoms with van der Waals surface area (Å²) in [6.07, 6.45) is 16.9. The molecule has 1 spiro atoms. The number of hydrogen-bond acceptors (Lipinski definition) is 11. The molecule has 1 N–H and O–H groups in total. The second kappa shape index (κ2) is 21.7. The Kier molecular flexibility index (Phi) is 15.1. The maximum absolute atomic E-state index is 14.0. The van der Waals surface area contributed by atoms with Crippen LogP contribution in [0.15, 0.2) is 96.0 Å². The monoisotopic (exact) mass is 929 g/mol. The van der Waals surface area contributed by atoms with Crippen molar-refractivity contribution in [2.45, 2.75) is 103 Å². The lowest BCUT2D eigenvalue weighted by Crippen LogP contribution is -2.66. The molecule has 6 aliphatic rings. The molecule has 4 fully saturated rings. The fourth-order valence-corrected chi connectivity index (χ4v) is 11.6. The fraction of sp³-hybridized carbons (Fsp3) is 0.519. The first-order valence-corrected chi connectivity index (χ1v) is 24.9. The number of amides is 3. The Morgan fingerprint density at radius 2 is 1.74 bits per heavy atom. The predicted molar refractivity (Wildman–Crippen MR) is 263 cm³/mol. The number of unbranched alkanes of at least 4 members (excludes halogenated alkanes) is 3. The Labute approximate surface area is 401 Å². The van der Waals surface area contributed by atoms with Crippen molar-refractivity contribution in [2.75, 3.05) is 76.4 Å². The van der Waals surface area contributed by atoms with Crippen LogP contribution in [-0.2, 0) is 25.7 Å². The lowest BCUT2D eigenvalue weighted by molar-refractivity contribution is -0.135. The molecule has 362 valence electrons. The highest BCUT2D eigenvalue weighted by Crippen LogP contribution is 2.63. The van der Waals surface area contributed by atoms with Crippen molar-refractivity contribution in [3.8, 4) is 17.2 Å². The van der Waals surface area contributed by atoms with Gasteiger partial charge in [-0.15, -0.1) is 0 Å². The number of methoxy groups -OCH3 is 1. The number of anilines is 2. The van der Waals surface area contributed by atoms with E-state index < -0.39 is 18.2 Å². The van der Waals surface area contributed by atoms with Crippen molar-refractivity contribution >= 4 is 35.0 Å². The van der Waals surface area contributed by atoms with E-state index in [1.807, 2.05) is 110 Å². The molecule has 3 aliphatic heterocycles. The highest BCUT2D eigenvalue weighted by molar-refractivity contribution is 6.18. The molecule has 0 aromatic heterocycles. The van der Waals surface area contributed by atoms with E-state index in [1.54, 1.807) is 12.0 Å². The van der Waals surface area contributed by atoms with Crippen molar-refractivity contribution in [1.82, 2.24) is 14.7 Å². The molecule has 3 heterocycles. The van der Waals surface area contributed by atoms with Gasteiger partial charge in [0, 0.05) is 63.3 Å². The molecule has 68 heavy (non-hydrogen) atoms. The number of carbonyl (C=O) groups excluding carboxylic acids is 3. The van der Waals surface area contributed by atoms with Gasteiger partial charge in [0.05, 0.1) is 43.3 Å². The minimum absolute atomic E-state index is 0.0164. The number of aliphatic imine (C=N–C) groups is 1. The van der Waals surface area contributed by atoms with E-state index in [-0.39, 0.29) is 24.5 Å². The molecule has 3 aliphatic carbocycles. The van der Waals surface area contributed by atoms with E-state index in [0.29, 0.717) is 86.4 Å². The Bertz CT molecular complexity index is 2340. The van der Waals surface area contributed by atoms with Crippen LogP contribution in [0.3, 0.4) is 0 Å². The molecule has 14 heteroatoms. The molecule has 14 nitrogen and oxygen atoms in total. The van der Waals surface area contributed by atoms with Gasteiger partial charge in [-0.2, -0.15) is 0 Å². The summed E-state index contributed by atoms with van der Waals surface area (Å²) in [5.74, 6) is 1.46. The number of fused-ring (bicyclic) bond motifs is 1. The van der Waals surface area contributed by atoms with Crippen molar-refractivity contribution in [1.29, 1.82) is 0 Å². The van der Waals surface area contributed by atoms with Gasteiger partial charge in [0.2, 0.25) is 5.91 Å². The zero-order valence-electron chi connectivity index (χ0n) is 40.0. The van der Waals surface area contributed by atoms with Crippen LogP contribution < -0.4 is 24.4 Å². The first-order valence-electron chi connectivity index (χ1n) is 24.9. The van der Waals surface area contributed by atoms with Crippen molar-refractivity contribution < 1.29 is 38.1 Å². The molecule has 0 radical (unpaired) electrons. The van der Waals surface area contributed by atoms with E-state index in [1.165, 1.54) is 32.1 Å². The first kappa shape index (κ1) is 47.4. The van der Waals surface area contributed by atoms with Crippen molar-refractivity contribution in [3.05, 3.63) is 102 Å². The lowest BCUT2D eigenvalue weighted by Gasteiger charge is -2.58. The minimum Gasteiger partial charge on any atom is -0.495 e. The SMILES string of the molecule is CCOc1ccccc1N1C(=O)C2C=CC=CC2=NC1CN1CCN(C(=O)COc2ccc(COCCCCCCN3C4CCCC45CC(OC(=O)Nc4cc(C)ccc4OC)CC35)cc2)CC1. The summed E-state index contributed by atoms with van der Waals surface area (Å²) in [4.78, 5) is 53.8. The molecular formula is C54H68N6O8. The molecule has 6 atom stereocenters. The number of allylic oxidation sites excluding steroid dienone is 3. The Morgan fingerprint density at radius 1 is 0.912 bits per heavy atom. The molecule has 2 saturated heterocycles. The molecule has 0 bridgehead atoms. The van der Waals surface area contributed by atoms with Gasteiger partial charge in [-0.25, -0.2) is 4.79 Å². The molecule has 3 aromatic rings. The van der Waals surface area contributed by atoms with Crippen LogP contribution in [-0.4, -0.2) is 129 Å². The molecular weight excluding hydrogens is 861 g/mol. The zero-order chi connectivity index (χ0) is 47.0. The van der Waals surface area contributed by atoms with Gasteiger partial charge in [0.15, 0.2) is 6.61 Å². The number of aryl methyl sites for hydroxylation is 1. The van der Waals surface area contributed by atoms with Crippen LogP contribution in [0.25, 0.3) is 0 Å². The molecule has 3 aromatic carbocycles. The van der Waals surface area contributed by atoms with Crippen LogP contribution in [0.4, 0.5) is 16.2 Å². The first-order chi connectivity index (χ1) is 33.2. The van der Waals surface area contributed by atoms with Crippen LogP contribution in [0.1, 0.15) is 75.8 Å². The second-order valence-electron chi connectivity index (χ2n) is 19.1. The number of ether oxygens (including phenoxy) is 5. The van der Waals surface area contributed by atoms with Crippen molar-refractivity contribution in [3.63, 3.8) is 0 Å². The van der Waals surface area contributed by atoms with Gasteiger partial charge >= 0.3 is 6.09 Å². The fourth-order valence-electron chi connectivity index (χ4n) is 11.6. The average molecular weight is 929 g/mol. The summed E-state index contributed by atoms with van der Waals surface area (Å²) in [6.45, 7) is 9.79. The van der Waals surface area contributed by atoms with Gasteiger partial charge in [0.25, 0.3) is 5.91 Å². The standard InChI is InChI=1S/C54H68N6O8/c1-4-66-47-17-10-9-16-45(47)60-50(55-43-15-8-7-14-42(43)52(60)62)35-57-27-29-58(30-28-57)51(61)37-67-40-22-20-39(21-23-40)36-65-31-12-6-5-11-26-59-48-18-13-25-54(48)34-41(33-49(54)59)68-53(63)56-44-32-38(2)19-24-46(44)64-3/h7-10,14-17,19-24,32,41-42,48-50H,4-6,11-13,18,25-31,33-37H2,1-3H3,(H,56,63). The summed E-state index contributed by atoms with van der Waals surface area (Å²) >= 11 is 0. The average Bonchev–Trinajstić information content (AvgIpc) is 3.86. The van der Waals surface area contributed by atoms with Gasteiger partial charge < -0.3 is 28.6 Å². The summed E-state index contributed by atoms with van der Waals surface area (Å²) in [7, 11) is 1.61. The summed E-state index contributed by atoms with van der Waals surface area (Å²) < 4.78 is 29.3. The quantitative estimate of drug-likeness (QED) is 0.111. The number of hydrogen-bond donors (Lipinski definition) is 1. The highest BCUT2D eigenvalue weighted by Gasteiger charge is 2.66. The Hall–Kier alpha value is -5.70. The van der Waals surface area contributed by atoms with E-state index >= 15 is 0 Å². The van der Waals surface area contributed by atoms with Gasteiger partial charge in [-0.1, -0.05) is 67.8 Å². The number of rotatable bonds is 20. The van der Waals surface area contributed by atoms with Gasteiger partial charge in [-0.05, 0) is 106 Å². The number of carbonyl (C=O) groups is 3. The number of piperazine rings is 1. The number of para-hydroxylation sites is 2. The largest absolute Gasteiger partial charge is 0.495 e. The minimum atomic E-state index is -0.422. The molecule has 9 rings (SSSR count). The number of nitrogens with one attached hydrogen (secondary N) is 1. The smallest absolute Gasteiger partial charge is 0.412 e. The third kappa shape index (κ3) is 10.5. The maximum Gasteiger partial charge on any atom is 0.412 e. The van der Waals surface area contributed by atoms with Crippen LogP contribution in [0.5, 0.6) is 17.2 Å². The zero-order valence-corrected chi connectivity index (χ0v) is 40.0. The van der Waals surface area contributed by atoms with Crippen LogP contribution in [0, 0.1) is 18.3 Å². The highest BCUT2D eigenvalue weighted by atomic mass is 16.6. The van der Waals surface area contributed by atoms with E-state index in [2.05, 4.69) is 15.1 Å². The normalized spacial score (nSPS) is 25.2. The van der Waals surface area contributed by atoms with E-state index in [9.17, 15) is 14.4 Å². The molecule has 3 amide bonds. The van der Waals surface area contributed by atoms with E-state index in [4.69, 9.17) is 28.7 Å². The summed E-state index contributed by atoms with van der Waals surface area (Å²) in [6, 6.07) is 22.3. The molecule has 6 unspecified atom stereocenters. The van der Waals surface area contributed by atoms with Crippen molar-refractivity contribution in [2.24, 2.45) is 16.3 Å². The number of likely N-dealkylation sites (tertiary alicyclic amines) is 1. The summed E-state index contributed by atoms with van der Waals surface area (Å²) in [5, 5.41) is 2.92. The Balaban J connectivity index is 0.644. The third-order valence-electron chi connectivity index (χ3n) is 14.9. The van der Waals surface area contributed by atoms with E-state index in [0.717, 1.165) is 61.4 Å². The third-order valence-corrected chi connectivity index (χ3v) is 14.9. The molecule has 2 saturated carbocycles.